The second-order valence-corrected chi connectivity index (χ2v) is 4.60. The van der Waals surface area contributed by atoms with Crippen LogP contribution in [0, 0.1) is 11.3 Å². The largest absolute Gasteiger partial charge is 0.352 e. The molecule has 0 bridgehead atoms. The monoisotopic (exact) mass is 269 g/mol. The zero-order valence-electron chi connectivity index (χ0n) is 12.6. The van der Waals surface area contributed by atoms with Gasteiger partial charge in [0, 0.05) is 18.3 Å². The second-order valence-electron chi connectivity index (χ2n) is 4.60. The molecule has 0 aromatic rings. The lowest BCUT2D eigenvalue weighted by Gasteiger charge is -2.21. The van der Waals surface area contributed by atoms with Crippen LogP contribution < -0.4 is 5.32 Å². The lowest BCUT2D eigenvalue weighted by Crippen LogP contribution is -2.30. The van der Waals surface area contributed by atoms with Crippen molar-refractivity contribution < 1.29 is 0 Å². The Labute approximate surface area is 122 Å². The topological polar surface area (TPSA) is 39.1 Å². The summed E-state index contributed by atoms with van der Waals surface area (Å²) in [7, 11) is 2.03. The van der Waals surface area contributed by atoms with Crippen LogP contribution in [0.1, 0.15) is 20.3 Å². The smallest absolute Gasteiger partial charge is 0.0988 e. The summed E-state index contributed by atoms with van der Waals surface area (Å²) in [6.07, 6.45) is 13.2. The summed E-state index contributed by atoms with van der Waals surface area (Å²) in [4.78, 5) is 2.08. The van der Waals surface area contributed by atoms with E-state index in [-0.39, 0.29) is 6.04 Å². The minimum atomic E-state index is 0.0369. The summed E-state index contributed by atoms with van der Waals surface area (Å²) < 4.78 is 0. The number of likely N-dealkylation sites (N-methyl/N-ethyl adjacent to an activating group) is 2. The average Bonchev–Trinajstić information content (AvgIpc) is 2.42. The minimum Gasteiger partial charge on any atom is -0.352 e. The van der Waals surface area contributed by atoms with Crippen LogP contribution in [0.25, 0.3) is 0 Å². The molecular formula is C17H23N3. The molecule has 0 fully saturated rings. The lowest BCUT2D eigenvalue weighted by atomic mass is 9.96. The van der Waals surface area contributed by atoms with Crippen molar-refractivity contribution in [3.63, 3.8) is 0 Å². The van der Waals surface area contributed by atoms with Crippen molar-refractivity contribution in [2.75, 3.05) is 13.6 Å². The summed E-state index contributed by atoms with van der Waals surface area (Å²) in [5.74, 6) is 0. The van der Waals surface area contributed by atoms with Crippen molar-refractivity contribution >= 4 is 0 Å². The van der Waals surface area contributed by atoms with Gasteiger partial charge >= 0.3 is 0 Å². The van der Waals surface area contributed by atoms with Crippen molar-refractivity contribution in [3.8, 4) is 6.07 Å². The summed E-state index contributed by atoms with van der Waals surface area (Å²) in [6.45, 7) is 8.74. The van der Waals surface area contributed by atoms with Crippen molar-refractivity contribution in [1.82, 2.24) is 10.2 Å². The van der Waals surface area contributed by atoms with Gasteiger partial charge in [0.15, 0.2) is 0 Å². The van der Waals surface area contributed by atoms with Crippen LogP contribution in [0.5, 0.6) is 0 Å². The van der Waals surface area contributed by atoms with Gasteiger partial charge in [-0.05, 0) is 37.7 Å². The van der Waals surface area contributed by atoms with Crippen LogP contribution in [0.4, 0.5) is 0 Å². The zero-order valence-corrected chi connectivity index (χ0v) is 12.6. The van der Waals surface area contributed by atoms with Gasteiger partial charge < -0.3 is 10.2 Å². The van der Waals surface area contributed by atoms with E-state index in [4.69, 9.17) is 5.26 Å². The zero-order chi connectivity index (χ0) is 15.0. The Balaban J connectivity index is 3.06. The van der Waals surface area contributed by atoms with E-state index in [2.05, 4.69) is 54.1 Å². The Kier molecular flexibility index (Phi) is 6.55. The molecule has 0 spiro atoms. The first-order valence-electron chi connectivity index (χ1n) is 6.90. The number of hydrogen-bond acceptors (Lipinski definition) is 3. The molecule has 1 N–H and O–H groups in total. The molecule has 106 valence electrons. The lowest BCUT2D eigenvalue weighted by molar-refractivity contribution is 0.581. The van der Waals surface area contributed by atoms with Gasteiger partial charge in [0.05, 0.1) is 12.1 Å². The summed E-state index contributed by atoms with van der Waals surface area (Å²) >= 11 is 0. The molecule has 1 aliphatic rings. The van der Waals surface area contributed by atoms with Gasteiger partial charge in [-0.2, -0.15) is 5.26 Å². The van der Waals surface area contributed by atoms with Gasteiger partial charge in [-0.25, -0.2) is 0 Å². The van der Waals surface area contributed by atoms with Crippen LogP contribution in [-0.2, 0) is 0 Å². The highest BCUT2D eigenvalue weighted by Crippen LogP contribution is 2.19. The molecular weight excluding hydrogens is 246 g/mol. The minimum absolute atomic E-state index is 0.0369. The predicted molar refractivity (Wildman–Crippen MR) is 84.7 cm³/mol. The third-order valence-electron chi connectivity index (χ3n) is 3.15. The third kappa shape index (κ3) is 4.25. The molecule has 0 aliphatic heterocycles. The van der Waals surface area contributed by atoms with E-state index in [1.165, 1.54) is 0 Å². The highest BCUT2D eigenvalue weighted by molar-refractivity contribution is 5.46. The molecule has 1 atom stereocenters. The molecule has 0 amide bonds. The summed E-state index contributed by atoms with van der Waals surface area (Å²) in [6, 6.07) is 2.18. The second kappa shape index (κ2) is 8.19. The van der Waals surface area contributed by atoms with E-state index in [0.717, 1.165) is 24.2 Å². The van der Waals surface area contributed by atoms with Gasteiger partial charge in [-0.15, -0.1) is 0 Å². The SMILES string of the molecule is C=C(C#N)/C1=C/C/C=C(/N(C)/C=C\C)C=CC1NCC. The predicted octanol–water partition coefficient (Wildman–Crippen LogP) is 3.28. The average molecular weight is 269 g/mol. The molecule has 1 rings (SSSR count). The molecule has 3 heteroatoms. The number of allylic oxidation sites excluding steroid dienone is 4. The van der Waals surface area contributed by atoms with Crippen molar-refractivity contribution in [3.05, 3.63) is 60.0 Å². The number of hydrogen-bond donors (Lipinski definition) is 1. The normalized spacial score (nSPS) is 24.0. The highest BCUT2D eigenvalue weighted by atomic mass is 15.1. The standard InChI is InChI=1S/C17H23N3/c1-5-12-20(4)15-8-7-9-16(14(3)13-18)17(11-10-15)19-6-2/h5,8-12,17,19H,3,6-7H2,1-2,4H3/b11-10?,12-5-,15-8+,16-9-. The Morgan fingerprint density at radius 3 is 2.95 bits per heavy atom. The van der Waals surface area contributed by atoms with Gasteiger partial charge in [0.1, 0.15) is 0 Å². The third-order valence-corrected chi connectivity index (χ3v) is 3.15. The maximum Gasteiger partial charge on any atom is 0.0988 e. The number of nitrogens with zero attached hydrogens (tertiary/aromatic N) is 2. The quantitative estimate of drug-likeness (QED) is 0.778. The van der Waals surface area contributed by atoms with Crippen molar-refractivity contribution in [1.29, 1.82) is 5.26 Å². The first kappa shape index (κ1) is 16.0. The molecule has 1 unspecified atom stereocenters. The van der Waals surface area contributed by atoms with Gasteiger partial charge in [-0.3, -0.25) is 0 Å². The molecule has 1 aliphatic carbocycles. The molecule has 3 nitrogen and oxygen atoms in total. The molecule has 0 heterocycles. The van der Waals surface area contributed by atoms with Crippen LogP contribution in [0.2, 0.25) is 0 Å². The molecule has 0 saturated carbocycles. The maximum absolute atomic E-state index is 9.07. The number of nitriles is 1. The van der Waals surface area contributed by atoms with Gasteiger partial charge in [0.2, 0.25) is 0 Å². The molecule has 0 saturated heterocycles. The van der Waals surface area contributed by atoms with Gasteiger partial charge in [-0.1, -0.05) is 37.8 Å². The Hall–Kier alpha value is -2.05. The van der Waals surface area contributed by atoms with E-state index in [9.17, 15) is 0 Å². The van der Waals surface area contributed by atoms with Crippen LogP contribution >= 0.6 is 0 Å². The maximum atomic E-state index is 9.07. The van der Waals surface area contributed by atoms with Crippen LogP contribution in [0.3, 0.4) is 0 Å². The highest BCUT2D eigenvalue weighted by Gasteiger charge is 2.14. The molecule has 0 aromatic heterocycles. The van der Waals surface area contributed by atoms with Crippen molar-refractivity contribution in [2.45, 2.75) is 26.3 Å². The molecule has 0 aromatic carbocycles. The van der Waals surface area contributed by atoms with Crippen LogP contribution in [0.15, 0.2) is 60.0 Å². The number of rotatable bonds is 5. The fourth-order valence-corrected chi connectivity index (χ4v) is 2.14. The van der Waals surface area contributed by atoms with E-state index in [0.29, 0.717) is 5.57 Å². The fraction of sp³-hybridized carbons (Fsp3) is 0.353. The van der Waals surface area contributed by atoms with E-state index < -0.39 is 0 Å². The summed E-state index contributed by atoms with van der Waals surface area (Å²) in [5, 5.41) is 12.4. The van der Waals surface area contributed by atoms with Crippen molar-refractivity contribution in [2.24, 2.45) is 0 Å². The van der Waals surface area contributed by atoms with E-state index in [1.54, 1.807) is 0 Å². The van der Waals surface area contributed by atoms with E-state index in [1.807, 2.05) is 26.2 Å². The van der Waals surface area contributed by atoms with Gasteiger partial charge in [0.25, 0.3) is 0 Å². The number of nitrogens with one attached hydrogen (secondary N) is 1. The Morgan fingerprint density at radius 2 is 2.35 bits per heavy atom. The van der Waals surface area contributed by atoms with Crippen LogP contribution in [-0.4, -0.2) is 24.5 Å². The molecule has 20 heavy (non-hydrogen) atoms. The Morgan fingerprint density at radius 1 is 1.60 bits per heavy atom. The first-order chi connectivity index (χ1) is 9.63. The molecule has 0 radical (unpaired) electrons. The Bertz CT molecular complexity index is 501. The van der Waals surface area contributed by atoms with E-state index >= 15 is 0 Å². The fourth-order valence-electron chi connectivity index (χ4n) is 2.14. The first-order valence-corrected chi connectivity index (χ1v) is 6.90. The summed E-state index contributed by atoms with van der Waals surface area (Å²) in [5.41, 5.74) is 2.64.